The van der Waals surface area contributed by atoms with Gasteiger partial charge in [0.1, 0.15) is 0 Å². The second kappa shape index (κ2) is 7.45. The van der Waals surface area contributed by atoms with E-state index >= 15 is 0 Å². The van der Waals surface area contributed by atoms with Crippen molar-refractivity contribution in [3.63, 3.8) is 0 Å². The molecule has 126 valence electrons. The van der Waals surface area contributed by atoms with Gasteiger partial charge in [0, 0.05) is 12.2 Å². The molecule has 0 saturated carbocycles. The minimum Gasteiger partial charge on any atom is -0.468 e. The lowest BCUT2D eigenvalue weighted by Crippen LogP contribution is -2.32. The fourth-order valence-electron chi connectivity index (χ4n) is 2.11. The zero-order chi connectivity index (χ0) is 16.9. The zero-order valence-corrected chi connectivity index (χ0v) is 12.5. The number of nitrogens with one attached hydrogen (secondary N) is 1. The summed E-state index contributed by atoms with van der Waals surface area (Å²) in [5.41, 5.74) is -0.729. The van der Waals surface area contributed by atoms with E-state index < -0.39 is 17.6 Å². The van der Waals surface area contributed by atoms with E-state index in [0.29, 0.717) is 13.2 Å². The van der Waals surface area contributed by atoms with Crippen molar-refractivity contribution < 1.29 is 27.4 Å². The van der Waals surface area contributed by atoms with Crippen LogP contribution in [0.5, 0.6) is 0 Å². The Bertz CT molecular complexity index is 564. The summed E-state index contributed by atoms with van der Waals surface area (Å²) in [6, 6.07) is 3.91. The van der Waals surface area contributed by atoms with Gasteiger partial charge < -0.3 is 9.47 Å². The summed E-state index contributed by atoms with van der Waals surface area (Å²) in [5.74, 6) is -0.591. The number of hydrogen-bond acceptors (Lipinski definition) is 4. The van der Waals surface area contributed by atoms with E-state index in [0.717, 1.165) is 37.1 Å². The second-order valence-corrected chi connectivity index (χ2v) is 5.01. The van der Waals surface area contributed by atoms with E-state index in [1.807, 2.05) is 0 Å². The van der Waals surface area contributed by atoms with Crippen LogP contribution >= 0.6 is 0 Å². The average Bonchev–Trinajstić information content (AvgIpc) is 3.04. The monoisotopic (exact) mass is 330 g/mol. The number of methoxy groups -OCH3 is 1. The Morgan fingerprint density at radius 2 is 2.09 bits per heavy atom. The van der Waals surface area contributed by atoms with Crippen LogP contribution in [-0.2, 0) is 15.7 Å². The van der Waals surface area contributed by atoms with E-state index in [1.54, 1.807) is 0 Å². The van der Waals surface area contributed by atoms with Crippen molar-refractivity contribution in [2.75, 3.05) is 20.3 Å². The fourth-order valence-corrected chi connectivity index (χ4v) is 2.11. The molecule has 0 aliphatic carbocycles. The number of hydrogen-bond donors (Lipinski definition) is 1. The van der Waals surface area contributed by atoms with Gasteiger partial charge in [0.2, 0.25) is 0 Å². The highest BCUT2D eigenvalue weighted by atomic mass is 19.4. The number of amides is 1. The van der Waals surface area contributed by atoms with Crippen LogP contribution in [0.1, 0.15) is 28.8 Å². The lowest BCUT2D eigenvalue weighted by molar-refractivity contribution is -0.137. The van der Waals surface area contributed by atoms with Gasteiger partial charge in [0.15, 0.2) is 0 Å². The number of carbonyl (C=O) groups excluding carboxylic acids is 1. The van der Waals surface area contributed by atoms with Crippen LogP contribution in [-0.4, -0.2) is 38.3 Å². The topological polar surface area (TPSA) is 59.9 Å². The number of amidine groups is 1. The van der Waals surface area contributed by atoms with E-state index in [1.165, 1.54) is 7.11 Å². The van der Waals surface area contributed by atoms with Crippen LogP contribution < -0.4 is 5.32 Å². The van der Waals surface area contributed by atoms with Gasteiger partial charge in [-0.1, -0.05) is 0 Å². The van der Waals surface area contributed by atoms with Gasteiger partial charge in [-0.2, -0.15) is 13.2 Å². The molecule has 0 radical (unpaired) electrons. The Hall–Kier alpha value is -2.09. The molecule has 1 atom stereocenters. The third kappa shape index (κ3) is 4.95. The predicted octanol–water partition coefficient (Wildman–Crippen LogP) is 2.62. The van der Waals surface area contributed by atoms with E-state index in [9.17, 15) is 18.0 Å². The van der Waals surface area contributed by atoms with Crippen LogP contribution in [0.4, 0.5) is 13.2 Å². The summed E-state index contributed by atoms with van der Waals surface area (Å²) in [6.07, 6.45) is -2.56. The molecule has 1 amide bonds. The molecule has 1 heterocycles. The predicted molar refractivity (Wildman–Crippen MR) is 77.2 cm³/mol. The summed E-state index contributed by atoms with van der Waals surface area (Å²) in [7, 11) is 1.35. The first kappa shape index (κ1) is 17.3. The third-order valence-corrected chi connectivity index (χ3v) is 3.35. The first-order valence-electron chi connectivity index (χ1n) is 7.09. The Morgan fingerprint density at radius 3 is 2.61 bits per heavy atom. The molecule has 1 aromatic rings. The molecule has 1 aromatic carbocycles. The summed E-state index contributed by atoms with van der Waals surface area (Å²) in [6.45, 7) is 1.05. The van der Waals surface area contributed by atoms with Gasteiger partial charge in [0.25, 0.3) is 11.9 Å². The van der Waals surface area contributed by atoms with Crippen LogP contribution in [0, 0.1) is 0 Å². The van der Waals surface area contributed by atoms with Gasteiger partial charge in [-0.3, -0.25) is 10.1 Å². The number of ether oxygens (including phenoxy) is 2. The second-order valence-electron chi connectivity index (χ2n) is 5.01. The summed E-state index contributed by atoms with van der Waals surface area (Å²) in [5, 5.41) is 2.42. The molecule has 0 aromatic heterocycles. The van der Waals surface area contributed by atoms with Gasteiger partial charge in [-0.15, -0.1) is 0 Å². The highest BCUT2D eigenvalue weighted by molar-refractivity contribution is 6.04. The molecule has 1 N–H and O–H groups in total. The number of benzene rings is 1. The third-order valence-electron chi connectivity index (χ3n) is 3.35. The van der Waals surface area contributed by atoms with Crippen molar-refractivity contribution in [2.24, 2.45) is 4.99 Å². The maximum atomic E-state index is 12.5. The van der Waals surface area contributed by atoms with Gasteiger partial charge >= 0.3 is 6.18 Å². The molecular weight excluding hydrogens is 313 g/mol. The molecule has 1 unspecified atom stereocenters. The average molecular weight is 330 g/mol. The van der Waals surface area contributed by atoms with Gasteiger partial charge in [-0.25, -0.2) is 4.99 Å². The lowest BCUT2D eigenvalue weighted by Gasteiger charge is -2.10. The molecule has 2 rings (SSSR count). The molecule has 1 aliphatic heterocycles. The van der Waals surface area contributed by atoms with Gasteiger partial charge in [0.05, 0.1) is 25.3 Å². The van der Waals surface area contributed by atoms with E-state index in [4.69, 9.17) is 9.47 Å². The van der Waals surface area contributed by atoms with Crippen molar-refractivity contribution in [3.05, 3.63) is 35.4 Å². The number of nitrogens with zero attached hydrogens (tertiary/aromatic N) is 1. The standard InChI is InChI=1S/C15H17F3N2O3/c1-22-14(19-9-12-3-2-8-23-12)20-13(21)10-4-6-11(7-5-10)15(16,17)18/h4-7,12H,2-3,8-9H2,1H3,(H,19,20,21). The lowest BCUT2D eigenvalue weighted by atomic mass is 10.1. The van der Waals surface area contributed by atoms with Crippen molar-refractivity contribution in [1.82, 2.24) is 5.32 Å². The number of aliphatic imine (C=N–C) groups is 1. The minimum atomic E-state index is -4.44. The molecule has 1 aliphatic rings. The Morgan fingerprint density at radius 1 is 1.39 bits per heavy atom. The van der Waals surface area contributed by atoms with Gasteiger partial charge in [-0.05, 0) is 37.1 Å². The quantitative estimate of drug-likeness (QED) is 0.685. The first-order valence-corrected chi connectivity index (χ1v) is 7.09. The number of carbonyl (C=O) groups is 1. The maximum Gasteiger partial charge on any atom is 0.416 e. The Balaban J connectivity index is 1.97. The van der Waals surface area contributed by atoms with Crippen LogP contribution in [0.15, 0.2) is 29.3 Å². The molecule has 5 nitrogen and oxygen atoms in total. The maximum absolute atomic E-state index is 12.5. The fraction of sp³-hybridized carbons (Fsp3) is 0.467. The van der Waals surface area contributed by atoms with E-state index in [-0.39, 0.29) is 17.7 Å². The summed E-state index contributed by atoms with van der Waals surface area (Å²) in [4.78, 5) is 16.1. The minimum absolute atomic E-state index is 0.00289. The molecule has 8 heteroatoms. The van der Waals surface area contributed by atoms with Crippen LogP contribution in [0.25, 0.3) is 0 Å². The highest BCUT2D eigenvalue weighted by Crippen LogP contribution is 2.29. The van der Waals surface area contributed by atoms with Crippen LogP contribution in [0.2, 0.25) is 0 Å². The summed E-state index contributed by atoms with van der Waals surface area (Å²) >= 11 is 0. The molecule has 23 heavy (non-hydrogen) atoms. The largest absolute Gasteiger partial charge is 0.468 e. The number of rotatable bonds is 3. The molecule has 1 saturated heterocycles. The smallest absolute Gasteiger partial charge is 0.416 e. The highest BCUT2D eigenvalue weighted by Gasteiger charge is 2.30. The van der Waals surface area contributed by atoms with Crippen molar-refractivity contribution in [3.8, 4) is 0 Å². The van der Waals surface area contributed by atoms with E-state index in [2.05, 4.69) is 10.3 Å². The molecular formula is C15H17F3N2O3. The van der Waals surface area contributed by atoms with Crippen molar-refractivity contribution in [2.45, 2.75) is 25.1 Å². The Labute approximate surface area is 131 Å². The number of halogens is 3. The SMILES string of the molecule is COC(=NCC1CCCO1)NC(=O)c1ccc(C(F)(F)F)cc1. The molecule has 0 bridgehead atoms. The van der Waals surface area contributed by atoms with Crippen LogP contribution in [0.3, 0.4) is 0 Å². The zero-order valence-electron chi connectivity index (χ0n) is 12.5. The molecule has 1 fully saturated rings. The first-order chi connectivity index (χ1) is 10.9. The van der Waals surface area contributed by atoms with Crippen molar-refractivity contribution in [1.29, 1.82) is 0 Å². The summed E-state index contributed by atoms with van der Waals surface area (Å²) < 4.78 is 47.8. The van der Waals surface area contributed by atoms with Crippen molar-refractivity contribution >= 4 is 11.9 Å². The number of alkyl halides is 3. The Kier molecular flexibility index (Phi) is 5.59. The molecule has 0 spiro atoms. The normalized spacial score (nSPS) is 18.8.